The summed E-state index contributed by atoms with van der Waals surface area (Å²) in [7, 11) is 0. The highest BCUT2D eigenvalue weighted by Crippen LogP contribution is 2.12. The van der Waals surface area contributed by atoms with E-state index < -0.39 is 0 Å². The molecule has 0 N–H and O–H groups in total. The predicted molar refractivity (Wildman–Crippen MR) is 46.7 cm³/mol. The maximum Gasteiger partial charge on any atom is 0.106 e. The third-order valence-corrected chi connectivity index (χ3v) is 1.98. The van der Waals surface area contributed by atoms with Crippen molar-refractivity contribution in [3.63, 3.8) is 0 Å². The van der Waals surface area contributed by atoms with E-state index in [9.17, 15) is 0 Å². The Labute approximate surface area is 68.4 Å². The minimum atomic E-state index is 1.10. The molecule has 1 aromatic heterocycles. The number of rotatable bonds is 4. The van der Waals surface area contributed by atoms with Crippen molar-refractivity contribution in [1.29, 1.82) is 0 Å². The summed E-state index contributed by atoms with van der Waals surface area (Å²) in [6.45, 7) is 4.32. The molecule has 1 aromatic rings. The molecular formula is C10H16O. The van der Waals surface area contributed by atoms with E-state index in [0.717, 1.165) is 6.42 Å². The van der Waals surface area contributed by atoms with Crippen LogP contribution in [0.2, 0.25) is 0 Å². The predicted octanol–water partition coefficient (Wildman–Crippen LogP) is 3.32. The highest BCUT2D eigenvalue weighted by Gasteiger charge is 1.99. The lowest BCUT2D eigenvalue weighted by molar-refractivity contribution is 0.494. The average molecular weight is 152 g/mol. The van der Waals surface area contributed by atoms with Crippen LogP contribution in [0.4, 0.5) is 0 Å². The lowest BCUT2D eigenvalue weighted by atomic mass is 10.1. The molecule has 1 heteroatoms. The Morgan fingerprint density at radius 2 is 2.18 bits per heavy atom. The Hall–Kier alpha value is -0.720. The van der Waals surface area contributed by atoms with Gasteiger partial charge in [0.2, 0.25) is 0 Å². The molecule has 0 fully saturated rings. The van der Waals surface area contributed by atoms with Gasteiger partial charge in [0, 0.05) is 6.42 Å². The first-order valence-corrected chi connectivity index (χ1v) is 4.37. The van der Waals surface area contributed by atoms with Gasteiger partial charge in [-0.25, -0.2) is 0 Å². The number of hydrogen-bond donors (Lipinski definition) is 0. The van der Waals surface area contributed by atoms with Crippen molar-refractivity contribution < 1.29 is 4.42 Å². The van der Waals surface area contributed by atoms with Crippen LogP contribution in [0.1, 0.15) is 37.5 Å². The van der Waals surface area contributed by atoms with Crippen molar-refractivity contribution in [3.05, 3.63) is 23.7 Å². The summed E-state index contributed by atoms with van der Waals surface area (Å²) >= 11 is 0. The Balaban J connectivity index is 2.32. The van der Waals surface area contributed by atoms with E-state index in [1.807, 2.05) is 6.07 Å². The minimum Gasteiger partial charge on any atom is -0.469 e. The lowest BCUT2D eigenvalue weighted by Crippen LogP contribution is -1.84. The first kappa shape index (κ1) is 8.38. The second-order valence-corrected chi connectivity index (χ2v) is 2.98. The normalized spacial score (nSPS) is 10.4. The third kappa shape index (κ3) is 2.41. The maximum atomic E-state index is 5.31. The molecule has 0 unspecified atom stereocenters. The Morgan fingerprint density at radius 3 is 2.73 bits per heavy atom. The molecule has 0 saturated carbocycles. The average Bonchev–Trinajstić information content (AvgIpc) is 2.37. The lowest BCUT2D eigenvalue weighted by Gasteiger charge is -1.96. The Morgan fingerprint density at radius 1 is 1.36 bits per heavy atom. The molecule has 0 radical (unpaired) electrons. The fourth-order valence-corrected chi connectivity index (χ4v) is 1.20. The second-order valence-electron chi connectivity index (χ2n) is 2.98. The third-order valence-electron chi connectivity index (χ3n) is 1.98. The standard InChI is InChI=1S/C10H16O/c1-3-4-5-6-10-9(2)7-8-11-10/h7-8H,3-6H2,1-2H3. The minimum absolute atomic E-state index is 1.10. The molecule has 1 rings (SSSR count). The molecule has 0 aliphatic rings. The zero-order valence-electron chi connectivity index (χ0n) is 7.39. The summed E-state index contributed by atoms with van der Waals surface area (Å²) in [6.07, 6.45) is 6.72. The summed E-state index contributed by atoms with van der Waals surface area (Å²) in [4.78, 5) is 0. The molecule has 0 amide bonds. The Kier molecular flexibility index (Phi) is 3.21. The topological polar surface area (TPSA) is 13.1 Å². The van der Waals surface area contributed by atoms with E-state index in [1.165, 1.54) is 30.6 Å². The molecule has 0 bridgehead atoms. The van der Waals surface area contributed by atoms with Gasteiger partial charge in [-0.3, -0.25) is 0 Å². The van der Waals surface area contributed by atoms with Gasteiger partial charge in [0.1, 0.15) is 5.76 Å². The van der Waals surface area contributed by atoms with Crippen molar-refractivity contribution in [2.75, 3.05) is 0 Å². The van der Waals surface area contributed by atoms with Gasteiger partial charge < -0.3 is 4.42 Å². The molecule has 0 aliphatic carbocycles. The summed E-state index contributed by atoms with van der Waals surface area (Å²) in [5.41, 5.74) is 1.29. The summed E-state index contributed by atoms with van der Waals surface area (Å²) in [5, 5.41) is 0. The van der Waals surface area contributed by atoms with E-state index in [-0.39, 0.29) is 0 Å². The zero-order chi connectivity index (χ0) is 8.10. The Bertz CT molecular complexity index is 200. The largest absolute Gasteiger partial charge is 0.469 e. The second kappa shape index (κ2) is 4.22. The van der Waals surface area contributed by atoms with Gasteiger partial charge in [-0.2, -0.15) is 0 Å². The molecule has 1 heterocycles. The quantitative estimate of drug-likeness (QED) is 0.603. The number of furan rings is 1. The van der Waals surface area contributed by atoms with Crippen molar-refractivity contribution in [3.8, 4) is 0 Å². The van der Waals surface area contributed by atoms with E-state index in [2.05, 4.69) is 13.8 Å². The van der Waals surface area contributed by atoms with Crippen LogP contribution in [0.15, 0.2) is 16.7 Å². The van der Waals surface area contributed by atoms with Crippen molar-refractivity contribution in [1.82, 2.24) is 0 Å². The number of aryl methyl sites for hydroxylation is 2. The molecule has 0 aliphatic heterocycles. The van der Waals surface area contributed by atoms with Crippen LogP contribution in [-0.2, 0) is 6.42 Å². The zero-order valence-corrected chi connectivity index (χ0v) is 7.39. The van der Waals surface area contributed by atoms with Gasteiger partial charge in [-0.15, -0.1) is 0 Å². The van der Waals surface area contributed by atoms with Gasteiger partial charge in [-0.1, -0.05) is 19.8 Å². The van der Waals surface area contributed by atoms with Gasteiger partial charge >= 0.3 is 0 Å². The van der Waals surface area contributed by atoms with Gasteiger partial charge in [0.25, 0.3) is 0 Å². The van der Waals surface area contributed by atoms with Crippen LogP contribution >= 0.6 is 0 Å². The van der Waals surface area contributed by atoms with Gasteiger partial charge in [-0.05, 0) is 25.0 Å². The molecule has 11 heavy (non-hydrogen) atoms. The van der Waals surface area contributed by atoms with Crippen molar-refractivity contribution in [2.24, 2.45) is 0 Å². The van der Waals surface area contributed by atoms with E-state index >= 15 is 0 Å². The van der Waals surface area contributed by atoms with Crippen LogP contribution in [0.5, 0.6) is 0 Å². The van der Waals surface area contributed by atoms with E-state index in [0.29, 0.717) is 0 Å². The smallest absolute Gasteiger partial charge is 0.106 e. The fraction of sp³-hybridized carbons (Fsp3) is 0.600. The molecule has 0 spiro atoms. The van der Waals surface area contributed by atoms with Crippen molar-refractivity contribution >= 4 is 0 Å². The summed E-state index contributed by atoms with van der Waals surface area (Å²) in [5.74, 6) is 1.17. The number of hydrogen-bond acceptors (Lipinski definition) is 1. The first-order valence-electron chi connectivity index (χ1n) is 4.37. The van der Waals surface area contributed by atoms with E-state index in [4.69, 9.17) is 4.42 Å². The fourth-order valence-electron chi connectivity index (χ4n) is 1.20. The number of unbranched alkanes of at least 4 members (excludes halogenated alkanes) is 2. The summed E-state index contributed by atoms with van der Waals surface area (Å²) in [6, 6.07) is 2.03. The van der Waals surface area contributed by atoms with Crippen LogP contribution in [0.3, 0.4) is 0 Å². The van der Waals surface area contributed by atoms with Gasteiger partial charge in [0.05, 0.1) is 6.26 Å². The van der Waals surface area contributed by atoms with E-state index in [1.54, 1.807) is 6.26 Å². The van der Waals surface area contributed by atoms with Crippen LogP contribution in [0, 0.1) is 6.92 Å². The van der Waals surface area contributed by atoms with Crippen LogP contribution < -0.4 is 0 Å². The SMILES string of the molecule is CCCCCc1occc1C. The van der Waals surface area contributed by atoms with Crippen LogP contribution in [-0.4, -0.2) is 0 Å². The first-order chi connectivity index (χ1) is 5.34. The molecule has 0 atom stereocenters. The maximum absolute atomic E-state index is 5.31. The molecule has 0 saturated heterocycles. The van der Waals surface area contributed by atoms with Gasteiger partial charge in [0.15, 0.2) is 0 Å². The molecule has 62 valence electrons. The highest BCUT2D eigenvalue weighted by molar-refractivity contribution is 5.14. The van der Waals surface area contributed by atoms with Crippen molar-refractivity contribution in [2.45, 2.75) is 39.5 Å². The highest BCUT2D eigenvalue weighted by atomic mass is 16.3. The molecule has 0 aromatic carbocycles. The summed E-state index contributed by atoms with van der Waals surface area (Å²) < 4.78 is 5.31. The van der Waals surface area contributed by atoms with Crippen LogP contribution in [0.25, 0.3) is 0 Å². The molecular weight excluding hydrogens is 136 g/mol. The molecule has 1 nitrogen and oxygen atoms in total. The monoisotopic (exact) mass is 152 g/mol.